The van der Waals surface area contributed by atoms with Crippen LogP contribution in [-0.4, -0.2) is 35.0 Å². The Balaban J connectivity index is 1.86. The van der Waals surface area contributed by atoms with Crippen molar-refractivity contribution in [2.75, 3.05) is 13.1 Å². The molecule has 1 amide bonds. The Bertz CT molecular complexity index is 733. The van der Waals surface area contributed by atoms with Crippen LogP contribution in [0.4, 0.5) is 0 Å². The Hall–Kier alpha value is -2.30. The van der Waals surface area contributed by atoms with E-state index in [2.05, 4.69) is 0 Å². The predicted octanol–water partition coefficient (Wildman–Crippen LogP) is 2.68. The summed E-state index contributed by atoms with van der Waals surface area (Å²) >= 11 is 0. The molecular formula is C16H17NO4. The van der Waals surface area contributed by atoms with E-state index in [1.165, 1.54) is 0 Å². The highest BCUT2D eigenvalue weighted by atomic mass is 16.4. The number of hydrogen-bond acceptors (Lipinski definition) is 3. The van der Waals surface area contributed by atoms with Crippen LogP contribution in [0.25, 0.3) is 11.0 Å². The number of benzene rings is 1. The maximum Gasteiger partial charge on any atom is 0.311 e. The average Bonchev–Trinajstić information content (AvgIpc) is 3.02. The molecule has 3 rings (SSSR count). The number of aryl methyl sites for hydroxylation is 1. The second kappa shape index (κ2) is 4.62. The molecule has 0 radical (unpaired) electrons. The molecule has 1 aromatic carbocycles. The second-order valence-electron chi connectivity index (χ2n) is 5.99. The van der Waals surface area contributed by atoms with Crippen LogP contribution < -0.4 is 0 Å². The van der Waals surface area contributed by atoms with E-state index in [0.29, 0.717) is 18.5 Å². The van der Waals surface area contributed by atoms with E-state index >= 15 is 0 Å². The molecule has 1 unspecified atom stereocenters. The van der Waals surface area contributed by atoms with Gasteiger partial charge in [-0.1, -0.05) is 11.6 Å². The summed E-state index contributed by atoms with van der Waals surface area (Å²) in [7, 11) is 0. The van der Waals surface area contributed by atoms with Gasteiger partial charge >= 0.3 is 5.97 Å². The Morgan fingerprint density at radius 3 is 2.76 bits per heavy atom. The van der Waals surface area contributed by atoms with E-state index in [0.717, 1.165) is 10.9 Å². The number of carbonyl (C=O) groups excluding carboxylic acids is 1. The molecule has 0 aliphatic carbocycles. The highest BCUT2D eigenvalue weighted by Gasteiger charge is 2.42. The molecule has 110 valence electrons. The molecule has 1 aromatic heterocycles. The van der Waals surface area contributed by atoms with Crippen molar-refractivity contribution in [2.45, 2.75) is 20.3 Å². The van der Waals surface area contributed by atoms with E-state index in [1.54, 1.807) is 17.9 Å². The van der Waals surface area contributed by atoms with Gasteiger partial charge in [0, 0.05) is 18.5 Å². The minimum absolute atomic E-state index is 0.219. The molecule has 21 heavy (non-hydrogen) atoms. The van der Waals surface area contributed by atoms with Gasteiger partial charge in [-0.05, 0) is 38.5 Å². The predicted molar refractivity (Wildman–Crippen MR) is 77.2 cm³/mol. The number of amides is 1. The first kappa shape index (κ1) is 13.7. The van der Waals surface area contributed by atoms with Crippen molar-refractivity contribution in [3.63, 3.8) is 0 Å². The van der Waals surface area contributed by atoms with Gasteiger partial charge in [0.1, 0.15) is 5.58 Å². The number of nitrogens with zero attached hydrogens (tertiary/aromatic N) is 1. The Morgan fingerprint density at radius 2 is 2.10 bits per heavy atom. The SMILES string of the molecule is Cc1ccc2oc(C(=O)N3CCC(C)(C(=O)O)C3)cc2c1. The Labute approximate surface area is 122 Å². The fourth-order valence-corrected chi connectivity index (χ4v) is 2.73. The fraction of sp³-hybridized carbons (Fsp3) is 0.375. The lowest BCUT2D eigenvalue weighted by Crippen LogP contribution is -2.34. The number of fused-ring (bicyclic) bond motifs is 1. The topological polar surface area (TPSA) is 70.8 Å². The molecule has 1 saturated heterocycles. The summed E-state index contributed by atoms with van der Waals surface area (Å²) in [6, 6.07) is 7.45. The molecule has 0 spiro atoms. The van der Waals surface area contributed by atoms with Gasteiger partial charge in [0.25, 0.3) is 5.91 Å². The van der Waals surface area contributed by atoms with E-state index in [-0.39, 0.29) is 18.2 Å². The first-order valence-corrected chi connectivity index (χ1v) is 6.92. The smallest absolute Gasteiger partial charge is 0.311 e. The van der Waals surface area contributed by atoms with Crippen molar-refractivity contribution in [1.82, 2.24) is 4.90 Å². The van der Waals surface area contributed by atoms with Crippen LogP contribution in [0.5, 0.6) is 0 Å². The van der Waals surface area contributed by atoms with Gasteiger partial charge in [0.05, 0.1) is 5.41 Å². The number of carbonyl (C=O) groups is 2. The Kier molecular flexibility index (Phi) is 3.01. The van der Waals surface area contributed by atoms with Crippen LogP contribution in [0, 0.1) is 12.3 Å². The third kappa shape index (κ3) is 2.28. The van der Waals surface area contributed by atoms with Crippen molar-refractivity contribution < 1.29 is 19.1 Å². The summed E-state index contributed by atoms with van der Waals surface area (Å²) in [6.07, 6.45) is 0.466. The summed E-state index contributed by atoms with van der Waals surface area (Å²) < 4.78 is 5.59. The summed E-state index contributed by atoms with van der Waals surface area (Å²) in [5.41, 5.74) is 0.907. The molecule has 1 aliphatic heterocycles. The lowest BCUT2D eigenvalue weighted by molar-refractivity contribution is -0.147. The normalized spacial score (nSPS) is 21.9. The number of aliphatic carboxylic acids is 1. The molecule has 0 bridgehead atoms. The quantitative estimate of drug-likeness (QED) is 0.921. The van der Waals surface area contributed by atoms with Crippen molar-refractivity contribution in [3.8, 4) is 0 Å². The second-order valence-corrected chi connectivity index (χ2v) is 5.99. The first-order chi connectivity index (χ1) is 9.89. The molecule has 0 saturated carbocycles. The van der Waals surface area contributed by atoms with E-state index < -0.39 is 11.4 Å². The molecule has 1 atom stereocenters. The summed E-state index contributed by atoms with van der Waals surface area (Å²) in [5, 5.41) is 10.1. The lowest BCUT2D eigenvalue weighted by atomic mass is 9.90. The van der Waals surface area contributed by atoms with Gasteiger partial charge in [-0.3, -0.25) is 9.59 Å². The van der Waals surface area contributed by atoms with Crippen molar-refractivity contribution in [2.24, 2.45) is 5.41 Å². The van der Waals surface area contributed by atoms with Crippen LogP contribution in [0.15, 0.2) is 28.7 Å². The third-order valence-corrected chi connectivity index (χ3v) is 4.16. The van der Waals surface area contributed by atoms with Crippen molar-refractivity contribution in [1.29, 1.82) is 0 Å². The van der Waals surface area contributed by atoms with Gasteiger partial charge in [-0.15, -0.1) is 0 Å². The third-order valence-electron chi connectivity index (χ3n) is 4.16. The zero-order chi connectivity index (χ0) is 15.2. The minimum atomic E-state index is -0.863. The molecule has 1 aliphatic rings. The van der Waals surface area contributed by atoms with Gasteiger partial charge in [0.15, 0.2) is 5.76 Å². The number of carboxylic acids is 1. The van der Waals surface area contributed by atoms with Crippen molar-refractivity contribution >= 4 is 22.8 Å². The fourth-order valence-electron chi connectivity index (χ4n) is 2.73. The standard InChI is InChI=1S/C16H17NO4/c1-10-3-4-12-11(7-10)8-13(21-12)14(18)17-6-5-16(2,9-17)15(19)20/h3-4,7-8H,5-6,9H2,1-2H3,(H,19,20). The van der Waals surface area contributed by atoms with Crippen LogP contribution in [0.3, 0.4) is 0 Å². The monoisotopic (exact) mass is 287 g/mol. The average molecular weight is 287 g/mol. The van der Waals surface area contributed by atoms with E-state index in [4.69, 9.17) is 4.42 Å². The van der Waals surface area contributed by atoms with Gasteiger partial charge in [-0.2, -0.15) is 0 Å². The molecular weight excluding hydrogens is 270 g/mol. The largest absolute Gasteiger partial charge is 0.481 e. The van der Waals surface area contributed by atoms with E-state index in [1.807, 2.05) is 25.1 Å². The number of likely N-dealkylation sites (tertiary alicyclic amines) is 1. The number of hydrogen-bond donors (Lipinski definition) is 1. The zero-order valence-electron chi connectivity index (χ0n) is 12.0. The molecule has 5 heteroatoms. The van der Waals surface area contributed by atoms with Crippen LogP contribution in [0.2, 0.25) is 0 Å². The van der Waals surface area contributed by atoms with Gasteiger partial charge in [0.2, 0.25) is 0 Å². The number of furan rings is 1. The zero-order valence-corrected chi connectivity index (χ0v) is 12.0. The summed E-state index contributed by atoms with van der Waals surface area (Å²) in [5.74, 6) is -0.836. The number of rotatable bonds is 2. The van der Waals surface area contributed by atoms with Crippen LogP contribution >= 0.6 is 0 Å². The molecule has 2 aromatic rings. The molecule has 1 fully saturated rings. The van der Waals surface area contributed by atoms with E-state index in [9.17, 15) is 14.7 Å². The summed E-state index contributed by atoms with van der Waals surface area (Å²) in [4.78, 5) is 25.3. The maximum atomic E-state index is 12.5. The van der Waals surface area contributed by atoms with Gasteiger partial charge in [-0.25, -0.2) is 0 Å². The van der Waals surface area contributed by atoms with Crippen LogP contribution in [-0.2, 0) is 4.79 Å². The maximum absolute atomic E-state index is 12.5. The highest BCUT2D eigenvalue weighted by Crippen LogP contribution is 2.31. The summed E-state index contributed by atoms with van der Waals surface area (Å²) in [6.45, 7) is 4.31. The van der Waals surface area contributed by atoms with Crippen molar-refractivity contribution in [3.05, 3.63) is 35.6 Å². The number of carboxylic acid groups (broad SMARTS) is 1. The highest BCUT2D eigenvalue weighted by molar-refractivity contribution is 5.96. The lowest BCUT2D eigenvalue weighted by Gasteiger charge is -2.19. The molecule has 5 nitrogen and oxygen atoms in total. The van der Waals surface area contributed by atoms with Crippen LogP contribution in [0.1, 0.15) is 29.5 Å². The minimum Gasteiger partial charge on any atom is -0.481 e. The molecule has 1 N–H and O–H groups in total. The van der Waals surface area contributed by atoms with Gasteiger partial charge < -0.3 is 14.4 Å². The molecule has 2 heterocycles. The first-order valence-electron chi connectivity index (χ1n) is 6.92. The Morgan fingerprint density at radius 1 is 1.33 bits per heavy atom.